The molecule has 8 heteroatoms. The molecule has 2 aliphatic rings. The lowest BCUT2D eigenvalue weighted by Gasteiger charge is -2.29. The fraction of sp³-hybridized carbons (Fsp3) is 0.450. The molecule has 2 fully saturated rings. The van der Waals surface area contributed by atoms with Gasteiger partial charge in [0.2, 0.25) is 0 Å². The Labute approximate surface area is 161 Å². The highest BCUT2D eigenvalue weighted by atomic mass is 19.1. The molecule has 0 bridgehead atoms. The van der Waals surface area contributed by atoms with Crippen LogP contribution in [0.3, 0.4) is 0 Å². The number of aliphatic hydroxyl groups is 3. The van der Waals surface area contributed by atoms with Gasteiger partial charge in [-0.1, -0.05) is 12.1 Å². The SMILES string of the molecule is Oc1ccc([C@H](O)CN2C[C@H]3C[C@H](Oc4ccccc4F)[C@H](O)[C@@]3(O)C2)nc1. The molecule has 1 aliphatic heterocycles. The molecule has 28 heavy (non-hydrogen) atoms. The predicted molar refractivity (Wildman–Crippen MR) is 97.2 cm³/mol. The van der Waals surface area contributed by atoms with Gasteiger partial charge in [-0.3, -0.25) is 9.88 Å². The number of aliphatic hydroxyl groups excluding tert-OH is 2. The largest absolute Gasteiger partial charge is 0.506 e. The number of likely N-dealkylation sites (tertiary alicyclic amines) is 1. The highest BCUT2D eigenvalue weighted by molar-refractivity contribution is 5.25. The van der Waals surface area contributed by atoms with E-state index >= 15 is 0 Å². The molecular formula is C20H23FN2O5. The summed E-state index contributed by atoms with van der Waals surface area (Å²) in [6, 6.07) is 8.97. The molecule has 0 spiro atoms. The third kappa shape index (κ3) is 3.44. The van der Waals surface area contributed by atoms with Crippen molar-refractivity contribution in [1.29, 1.82) is 0 Å². The van der Waals surface area contributed by atoms with Crippen molar-refractivity contribution < 1.29 is 29.6 Å². The van der Waals surface area contributed by atoms with Crippen molar-refractivity contribution in [2.45, 2.75) is 30.3 Å². The van der Waals surface area contributed by atoms with E-state index in [1.807, 2.05) is 4.90 Å². The summed E-state index contributed by atoms with van der Waals surface area (Å²) in [5.41, 5.74) is -0.957. The van der Waals surface area contributed by atoms with Gasteiger partial charge >= 0.3 is 0 Å². The van der Waals surface area contributed by atoms with Gasteiger partial charge in [0.15, 0.2) is 11.6 Å². The number of nitrogens with zero attached hydrogens (tertiary/aromatic N) is 2. The summed E-state index contributed by atoms with van der Waals surface area (Å²) in [7, 11) is 0. The van der Waals surface area contributed by atoms with Crippen LogP contribution in [0.1, 0.15) is 18.2 Å². The van der Waals surface area contributed by atoms with E-state index < -0.39 is 29.7 Å². The van der Waals surface area contributed by atoms with Crippen LogP contribution in [0.15, 0.2) is 42.6 Å². The number of aromatic nitrogens is 1. The maximum Gasteiger partial charge on any atom is 0.165 e. The molecule has 1 aromatic carbocycles. The van der Waals surface area contributed by atoms with E-state index in [4.69, 9.17) is 4.74 Å². The fourth-order valence-electron chi connectivity index (χ4n) is 4.25. The molecule has 7 nitrogen and oxygen atoms in total. The van der Waals surface area contributed by atoms with Crippen molar-refractivity contribution in [1.82, 2.24) is 9.88 Å². The number of fused-ring (bicyclic) bond motifs is 1. The Morgan fingerprint density at radius 3 is 2.75 bits per heavy atom. The lowest BCUT2D eigenvalue weighted by Crippen LogP contribution is -2.49. The number of hydrogen-bond donors (Lipinski definition) is 4. The summed E-state index contributed by atoms with van der Waals surface area (Å²) in [6.07, 6.45) is -1.09. The number of aromatic hydroxyl groups is 1. The Bertz CT molecular complexity index is 836. The number of β-amino-alcohol motifs (C(OH)–C–C–N with tert-alkyl or cyclic N) is 2. The average Bonchev–Trinajstić information content (AvgIpc) is 3.09. The zero-order chi connectivity index (χ0) is 19.9. The molecule has 4 N–H and O–H groups in total. The fourth-order valence-corrected chi connectivity index (χ4v) is 4.25. The quantitative estimate of drug-likeness (QED) is 0.599. The minimum atomic E-state index is -1.38. The summed E-state index contributed by atoms with van der Waals surface area (Å²) in [4.78, 5) is 5.87. The van der Waals surface area contributed by atoms with Crippen molar-refractivity contribution in [3.05, 3.63) is 54.1 Å². The zero-order valence-electron chi connectivity index (χ0n) is 15.1. The minimum absolute atomic E-state index is 0.0185. The molecular weight excluding hydrogens is 367 g/mol. The number of hydrogen-bond acceptors (Lipinski definition) is 7. The van der Waals surface area contributed by atoms with Crippen LogP contribution >= 0.6 is 0 Å². The molecule has 0 amide bonds. The molecule has 5 atom stereocenters. The highest BCUT2D eigenvalue weighted by Gasteiger charge is 2.59. The van der Waals surface area contributed by atoms with Gasteiger partial charge in [0.05, 0.1) is 11.9 Å². The van der Waals surface area contributed by atoms with Crippen LogP contribution in [0.25, 0.3) is 0 Å². The first-order chi connectivity index (χ1) is 13.4. The van der Waals surface area contributed by atoms with Gasteiger partial charge in [0.1, 0.15) is 29.7 Å². The molecule has 150 valence electrons. The van der Waals surface area contributed by atoms with E-state index in [1.165, 1.54) is 24.4 Å². The Morgan fingerprint density at radius 1 is 1.29 bits per heavy atom. The number of para-hydroxylation sites is 1. The van der Waals surface area contributed by atoms with Crippen LogP contribution in [-0.4, -0.2) is 67.8 Å². The van der Waals surface area contributed by atoms with Crippen LogP contribution in [0, 0.1) is 11.7 Å². The van der Waals surface area contributed by atoms with Gasteiger partial charge in [-0.15, -0.1) is 0 Å². The number of rotatable bonds is 5. The first-order valence-corrected chi connectivity index (χ1v) is 9.24. The molecule has 2 aromatic rings. The second kappa shape index (κ2) is 7.29. The zero-order valence-corrected chi connectivity index (χ0v) is 15.1. The molecule has 2 heterocycles. The first kappa shape index (κ1) is 19.1. The topological polar surface area (TPSA) is 106 Å². The van der Waals surface area contributed by atoms with Gasteiger partial charge in [-0.25, -0.2) is 4.39 Å². The van der Waals surface area contributed by atoms with Crippen molar-refractivity contribution in [2.24, 2.45) is 5.92 Å². The van der Waals surface area contributed by atoms with E-state index in [0.717, 1.165) is 0 Å². The predicted octanol–water partition coefficient (Wildman–Crippen LogP) is 0.835. The second-order valence-electron chi connectivity index (χ2n) is 7.61. The lowest BCUT2D eigenvalue weighted by atomic mass is 9.93. The third-order valence-corrected chi connectivity index (χ3v) is 5.70. The summed E-state index contributed by atoms with van der Waals surface area (Å²) < 4.78 is 19.5. The number of pyridine rings is 1. The van der Waals surface area contributed by atoms with E-state index in [0.29, 0.717) is 18.7 Å². The molecule has 0 radical (unpaired) electrons. The van der Waals surface area contributed by atoms with Gasteiger partial charge in [0.25, 0.3) is 0 Å². The molecule has 0 unspecified atom stereocenters. The van der Waals surface area contributed by atoms with Crippen molar-refractivity contribution in [3.8, 4) is 11.5 Å². The summed E-state index contributed by atoms with van der Waals surface area (Å²) in [6.45, 7) is 0.882. The third-order valence-electron chi connectivity index (χ3n) is 5.70. The Kier molecular flexibility index (Phi) is 4.96. The van der Waals surface area contributed by atoms with Crippen molar-refractivity contribution in [3.63, 3.8) is 0 Å². The normalized spacial score (nSPS) is 30.9. The average molecular weight is 390 g/mol. The molecule has 1 saturated carbocycles. The summed E-state index contributed by atoms with van der Waals surface area (Å²) in [5, 5.41) is 41.3. The Hall–Kier alpha value is -2.26. The van der Waals surface area contributed by atoms with Gasteiger partial charge in [-0.2, -0.15) is 0 Å². The lowest BCUT2D eigenvalue weighted by molar-refractivity contribution is -0.0879. The van der Waals surface area contributed by atoms with Crippen LogP contribution < -0.4 is 4.74 Å². The second-order valence-corrected chi connectivity index (χ2v) is 7.61. The van der Waals surface area contributed by atoms with E-state index in [9.17, 15) is 24.8 Å². The van der Waals surface area contributed by atoms with E-state index in [1.54, 1.807) is 18.2 Å². The Morgan fingerprint density at radius 2 is 2.07 bits per heavy atom. The Balaban J connectivity index is 1.39. The van der Waals surface area contributed by atoms with Gasteiger partial charge < -0.3 is 25.2 Å². The molecule has 1 aliphatic carbocycles. The van der Waals surface area contributed by atoms with Crippen LogP contribution in [0.2, 0.25) is 0 Å². The van der Waals surface area contributed by atoms with Crippen LogP contribution in [0.4, 0.5) is 4.39 Å². The molecule has 1 saturated heterocycles. The first-order valence-electron chi connectivity index (χ1n) is 9.24. The van der Waals surface area contributed by atoms with Crippen LogP contribution in [0.5, 0.6) is 11.5 Å². The summed E-state index contributed by atoms with van der Waals surface area (Å²) >= 11 is 0. The standard InChI is InChI=1S/C20H23FN2O5/c21-14-3-1-2-4-17(14)28-18-7-12-9-23(11-20(12,27)19(18)26)10-16(25)15-6-5-13(24)8-22-15/h1-6,8,12,16,18-19,24-27H,7,9-11H2/t12-,16-,18+,19+,20-/m1/s1. The smallest absolute Gasteiger partial charge is 0.165 e. The summed E-state index contributed by atoms with van der Waals surface area (Å²) in [5.74, 6) is -0.685. The maximum absolute atomic E-state index is 13.8. The number of halogens is 1. The van der Waals surface area contributed by atoms with Gasteiger partial charge in [0, 0.05) is 25.6 Å². The maximum atomic E-state index is 13.8. The van der Waals surface area contributed by atoms with Gasteiger partial charge in [-0.05, 0) is 30.7 Å². The van der Waals surface area contributed by atoms with E-state index in [-0.39, 0.29) is 30.5 Å². The van der Waals surface area contributed by atoms with Crippen molar-refractivity contribution >= 4 is 0 Å². The molecule has 1 aromatic heterocycles. The number of ether oxygens (including phenoxy) is 1. The minimum Gasteiger partial charge on any atom is -0.506 e. The van der Waals surface area contributed by atoms with E-state index in [2.05, 4.69) is 4.98 Å². The highest BCUT2D eigenvalue weighted by Crippen LogP contribution is 2.43. The number of benzene rings is 1. The monoisotopic (exact) mass is 390 g/mol. The molecule has 4 rings (SSSR count). The van der Waals surface area contributed by atoms with Crippen molar-refractivity contribution in [2.75, 3.05) is 19.6 Å². The van der Waals surface area contributed by atoms with Crippen LogP contribution in [-0.2, 0) is 0 Å².